The molecule has 0 spiro atoms. The first-order valence-corrected chi connectivity index (χ1v) is 3.85. The molecule has 0 aromatic carbocycles. The molecule has 1 fully saturated rings. The van der Waals surface area contributed by atoms with Crippen LogP contribution in [0.5, 0.6) is 0 Å². The monoisotopic (exact) mass is 222 g/mol. The fourth-order valence-electron chi connectivity index (χ4n) is 1.39. The van der Waals surface area contributed by atoms with Crippen molar-refractivity contribution in [3.63, 3.8) is 0 Å². The summed E-state index contributed by atoms with van der Waals surface area (Å²) in [4.78, 5) is 0. The van der Waals surface area contributed by atoms with Crippen LogP contribution in [0.1, 0.15) is 13.8 Å². The maximum Gasteiger partial charge on any atom is 0.429 e. The van der Waals surface area contributed by atoms with E-state index in [0.29, 0.717) is 0 Å². The Morgan fingerprint density at radius 3 is 1.43 bits per heavy atom. The van der Waals surface area contributed by atoms with Crippen LogP contribution in [-0.2, 0) is 4.74 Å². The molecule has 0 saturated carbocycles. The zero-order valence-electron chi connectivity index (χ0n) is 7.33. The summed E-state index contributed by atoms with van der Waals surface area (Å²) in [7, 11) is 0. The van der Waals surface area contributed by atoms with Gasteiger partial charge in [0.25, 0.3) is 5.60 Å². The maximum absolute atomic E-state index is 12.2. The fraction of sp³-hybridized carbons (Fsp3) is 1.00. The van der Waals surface area contributed by atoms with E-state index < -0.39 is 30.0 Å². The molecule has 0 amide bonds. The molecule has 0 aromatic rings. The first kappa shape index (κ1) is 11.6. The Kier molecular flexibility index (Phi) is 2.30. The molecule has 1 rings (SSSR count). The van der Waals surface area contributed by atoms with E-state index in [2.05, 4.69) is 4.74 Å². The van der Waals surface area contributed by atoms with E-state index in [0.717, 1.165) is 0 Å². The number of ether oxygens (including phenoxy) is 1. The molecular weight excluding hydrogens is 214 g/mol. The quantitative estimate of drug-likeness (QED) is 0.491. The highest BCUT2D eigenvalue weighted by Crippen LogP contribution is 2.60. The number of epoxide rings is 1. The van der Waals surface area contributed by atoms with Gasteiger partial charge in [-0.05, 0) is 5.92 Å². The number of rotatable bonds is 1. The van der Waals surface area contributed by atoms with Crippen LogP contribution in [0.2, 0.25) is 0 Å². The summed E-state index contributed by atoms with van der Waals surface area (Å²) in [5.41, 5.74) is -3.94. The molecule has 1 aliphatic heterocycles. The van der Waals surface area contributed by atoms with Gasteiger partial charge < -0.3 is 4.74 Å². The Hall–Kier alpha value is -0.460. The van der Waals surface area contributed by atoms with Crippen molar-refractivity contribution in [2.75, 3.05) is 0 Å². The summed E-state index contributed by atoms with van der Waals surface area (Å²) < 4.78 is 76.8. The lowest BCUT2D eigenvalue weighted by Crippen LogP contribution is -2.49. The van der Waals surface area contributed by atoms with Crippen molar-refractivity contribution in [2.24, 2.45) is 5.92 Å². The molecular formula is C7H8F6O. The molecule has 0 aliphatic carbocycles. The predicted molar refractivity (Wildman–Crippen MR) is 34.6 cm³/mol. The van der Waals surface area contributed by atoms with E-state index in [9.17, 15) is 26.3 Å². The van der Waals surface area contributed by atoms with E-state index >= 15 is 0 Å². The minimum absolute atomic E-state index is 0.821. The van der Waals surface area contributed by atoms with E-state index in [1.807, 2.05) is 0 Å². The molecule has 1 nitrogen and oxygen atoms in total. The largest absolute Gasteiger partial charge is 0.429 e. The Bertz CT molecular complexity index is 213. The standard InChI is InChI=1S/C7H8F6O/c1-3(2)4-5(14-4,6(8,9)10)7(11,12)13/h3-4H,1-2H3. The lowest BCUT2D eigenvalue weighted by atomic mass is 9.96. The first-order valence-electron chi connectivity index (χ1n) is 3.85. The van der Waals surface area contributed by atoms with Gasteiger partial charge in [-0.15, -0.1) is 0 Å². The molecule has 1 unspecified atom stereocenters. The first-order chi connectivity index (χ1) is 6.04. The zero-order chi connectivity index (χ0) is 11.4. The topological polar surface area (TPSA) is 12.5 Å². The van der Waals surface area contributed by atoms with E-state index in [4.69, 9.17) is 0 Å². The van der Waals surface area contributed by atoms with Crippen LogP contribution in [0.25, 0.3) is 0 Å². The summed E-state index contributed by atoms with van der Waals surface area (Å²) in [6, 6.07) is 0. The molecule has 1 saturated heterocycles. The van der Waals surface area contributed by atoms with Gasteiger partial charge >= 0.3 is 12.4 Å². The van der Waals surface area contributed by atoms with Crippen LogP contribution >= 0.6 is 0 Å². The number of halogens is 6. The van der Waals surface area contributed by atoms with Gasteiger partial charge in [-0.25, -0.2) is 0 Å². The lowest BCUT2D eigenvalue weighted by Gasteiger charge is -2.20. The van der Waals surface area contributed by atoms with Gasteiger partial charge in [0.15, 0.2) is 0 Å². The Morgan fingerprint density at radius 2 is 1.36 bits per heavy atom. The van der Waals surface area contributed by atoms with Crippen LogP contribution in [0.4, 0.5) is 26.3 Å². The van der Waals surface area contributed by atoms with Crippen LogP contribution in [0, 0.1) is 5.92 Å². The van der Waals surface area contributed by atoms with Gasteiger partial charge in [-0.2, -0.15) is 26.3 Å². The van der Waals surface area contributed by atoms with Crippen molar-refractivity contribution in [1.29, 1.82) is 0 Å². The Balaban J connectivity index is 3.00. The van der Waals surface area contributed by atoms with E-state index in [-0.39, 0.29) is 0 Å². The average Bonchev–Trinajstić information content (AvgIpc) is 2.54. The molecule has 1 heterocycles. The summed E-state index contributed by atoms with van der Waals surface area (Å²) in [6.07, 6.45) is -12.6. The van der Waals surface area contributed by atoms with Crippen molar-refractivity contribution < 1.29 is 31.1 Å². The Labute approximate surface area is 76.0 Å². The highest BCUT2D eigenvalue weighted by atomic mass is 19.4. The fourth-order valence-corrected chi connectivity index (χ4v) is 1.39. The predicted octanol–water partition coefficient (Wildman–Crippen LogP) is 2.90. The molecule has 14 heavy (non-hydrogen) atoms. The van der Waals surface area contributed by atoms with Gasteiger partial charge in [0.05, 0.1) is 0 Å². The van der Waals surface area contributed by atoms with Crippen LogP contribution in [0.15, 0.2) is 0 Å². The van der Waals surface area contributed by atoms with Crippen molar-refractivity contribution in [2.45, 2.75) is 37.9 Å². The molecule has 0 aromatic heterocycles. The second-order valence-corrected chi connectivity index (χ2v) is 3.51. The number of hydrogen-bond donors (Lipinski definition) is 0. The van der Waals surface area contributed by atoms with Gasteiger partial charge in [0, 0.05) is 0 Å². The molecule has 0 bridgehead atoms. The van der Waals surface area contributed by atoms with Crippen molar-refractivity contribution in [3.05, 3.63) is 0 Å². The number of hydrogen-bond acceptors (Lipinski definition) is 1. The molecule has 0 radical (unpaired) electrons. The molecule has 1 atom stereocenters. The second kappa shape index (κ2) is 2.77. The highest BCUT2D eigenvalue weighted by molar-refractivity contribution is 5.14. The van der Waals surface area contributed by atoms with Crippen LogP contribution in [-0.4, -0.2) is 24.1 Å². The third-order valence-corrected chi connectivity index (χ3v) is 2.10. The zero-order valence-corrected chi connectivity index (χ0v) is 7.33. The summed E-state index contributed by atoms with van der Waals surface area (Å²) in [5, 5.41) is 0. The van der Waals surface area contributed by atoms with Crippen molar-refractivity contribution >= 4 is 0 Å². The maximum atomic E-state index is 12.2. The third kappa shape index (κ3) is 1.37. The second-order valence-electron chi connectivity index (χ2n) is 3.51. The SMILES string of the molecule is CC(C)C1OC1(C(F)(F)F)C(F)(F)F. The summed E-state index contributed by atoms with van der Waals surface area (Å²) >= 11 is 0. The normalized spacial score (nSPS) is 26.8. The third-order valence-electron chi connectivity index (χ3n) is 2.10. The minimum atomic E-state index is -5.40. The molecule has 1 aliphatic rings. The summed E-state index contributed by atoms with van der Waals surface area (Å²) in [6.45, 7) is 2.51. The lowest BCUT2D eigenvalue weighted by molar-refractivity contribution is -0.292. The van der Waals surface area contributed by atoms with E-state index in [1.165, 1.54) is 13.8 Å². The van der Waals surface area contributed by atoms with Crippen LogP contribution in [0.3, 0.4) is 0 Å². The van der Waals surface area contributed by atoms with Crippen molar-refractivity contribution in [3.8, 4) is 0 Å². The van der Waals surface area contributed by atoms with Gasteiger partial charge in [0.2, 0.25) is 0 Å². The van der Waals surface area contributed by atoms with Gasteiger partial charge in [-0.3, -0.25) is 0 Å². The van der Waals surface area contributed by atoms with E-state index in [1.54, 1.807) is 0 Å². The smallest absolute Gasteiger partial charge is 0.349 e. The highest BCUT2D eigenvalue weighted by Gasteiger charge is 2.86. The average molecular weight is 222 g/mol. The van der Waals surface area contributed by atoms with Gasteiger partial charge in [-0.1, -0.05) is 13.8 Å². The van der Waals surface area contributed by atoms with Gasteiger partial charge in [0.1, 0.15) is 6.10 Å². The number of alkyl halides is 6. The minimum Gasteiger partial charge on any atom is -0.349 e. The summed E-state index contributed by atoms with van der Waals surface area (Å²) in [5.74, 6) is -0.821. The Morgan fingerprint density at radius 1 is 1.00 bits per heavy atom. The van der Waals surface area contributed by atoms with Crippen LogP contribution < -0.4 is 0 Å². The molecule has 7 heteroatoms. The van der Waals surface area contributed by atoms with Crippen molar-refractivity contribution in [1.82, 2.24) is 0 Å². The molecule has 0 N–H and O–H groups in total. The molecule has 84 valence electrons.